The van der Waals surface area contributed by atoms with Crippen molar-refractivity contribution in [3.05, 3.63) is 54.6 Å². The minimum absolute atomic E-state index is 0.608. The smallest absolute Gasteiger partial charge is 0.245 e. The third kappa shape index (κ3) is 5.17. The van der Waals surface area contributed by atoms with Gasteiger partial charge in [-0.25, -0.2) is 9.13 Å². The number of nitrogens with zero attached hydrogens (tertiary/aromatic N) is 2. The average molecular weight is 273 g/mol. The first kappa shape index (κ1) is 14.8. The molecule has 0 amide bonds. The van der Waals surface area contributed by atoms with Crippen molar-refractivity contribution in [2.75, 3.05) is 0 Å². The van der Waals surface area contributed by atoms with Gasteiger partial charge in [-0.3, -0.25) is 0 Å². The molecule has 2 aromatic rings. The highest BCUT2D eigenvalue weighted by Crippen LogP contribution is 2.02. The first-order valence-corrected chi connectivity index (χ1v) is 7.55. The zero-order chi connectivity index (χ0) is 14.0. The average Bonchev–Trinajstić information content (AvgIpc) is 2.93. The van der Waals surface area contributed by atoms with Crippen molar-refractivity contribution >= 4 is 0 Å². The molecule has 20 heavy (non-hydrogen) atoms. The standard InChI is InChI=1S/C17H25N2O/c1-2-3-4-8-11-18-12-13-19(15-18)16-20-14-17-9-6-5-7-10-17/h5-7,9-10,12-13,15H,2-4,8,11,14,16H2,1H3/q+1. The molecule has 0 aliphatic heterocycles. The molecule has 108 valence electrons. The Balaban J connectivity index is 1.67. The van der Waals surface area contributed by atoms with Gasteiger partial charge in [0.1, 0.15) is 12.4 Å². The van der Waals surface area contributed by atoms with Crippen molar-refractivity contribution in [3.63, 3.8) is 0 Å². The van der Waals surface area contributed by atoms with Crippen LogP contribution in [0.3, 0.4) is 0 Å². The molecule has 0 N–H and O–H groups in total. The van der Waals surface area contributed by atoms with Crippen LogP contribution in [0.1, 0.15) is 38.2 Å². The predicted octanol–water partition coefficient (Wildman–Crippen LogP) is 3.53. The number of unbranched alkanes of at least 4 members (excludes halogenated alkanes) is 3. The van der Waals surface area contributed by atoms with E-state index in [0.29, 0.717) is 13.3 Å². The molecule has 0 radical (unpaired) electrons. The summed E-state index contributed by atoms with van der Waals surface area (Å²) in [5.41, 5.74) is 1.21. The molecule has 0 fully saturated rings. The topological polar surface area (TPSA) is 18.0 Å². The number of ether oxygens (including phenoxy) is 1. The van der Waals surface area contributed by atoms with E-state index in [0.717, 1.165) is 6.54 Å². The molecule has 1 aromatic heterocycles. The van der Waals surface area contributed by atoms with Gasteiger partial charge in [0.25, 0.3) is 0 Å². The highest BCUT2D eigenvalue weighted by molar-refractivity contribution is 5.13. The summed E-state index contributed by atoms with van der Waals surface area (Å²) in [6, 6.07) is 10.3. The lowest BCUT2D eigenvalue weighted by Crippen LogP contribution is -2.32. The Morgan fingerprint density at radius 2 is 1.95 bits per heavy atom. The Hall–Kier alpha value is -1.61. The fourth-order valence-corrected chi connectivity index (χ4v) is 2.21. The van der Waals surface area contributed by atoms with Gasteiger partial charge in [0.15, 0.2) is 6.73 Å². The summed E-state index contributed by atoms with van der Waals surface area (Å²) in [5, 5.41) is 0. The number of imidazole rings is 1. The van der Waals surface area contributed by atoms with E-state index in [9.17, 15) is 0 Å². The molecule has 1 heterocycles. The SMILES string of the molecule is CCCCCCn1cc[n+](COCc2ccccc2)c1. The van der Waals surface area contributed by atoms with Crippen LogP contribution in [0.5, 0.6) is 0 Å². The van der Waals surface area contributed by atoms with Crippen molar-refractivity contribution in [1.29, 1.82) is 0 Å². The van der Waals surface area contributed by atoms with Crippen LogP contribution in [-0.2, 0) is 24.6 Å². The van der Waals surface area contributed by atoms with Crippen LogP contribution in [0.15, 0.2) is 49.1 Å². The Morgan fingerprint density at radius 3 is 2.75 bits per heavy atom. The first-order valence-electron chi connectivity index (χ1n) is 7.55. The summed E-state index contributed by atoms with van der Waals surface area (Å²) in [7, 11) is 0. The molecule has 0 atom stereocenters. The van der Waals surface area contributed by atoms with Gasteiger partial charge in [-0.15, -0.1) is 0 Å². The van der Waals surface area contributed by atoms with Crippen LogP contribution in [0.2, 0.25) is 0 Å². The lowest BCUT2D eigenvalue weighted by Gasteiger charge is -2.01. The summed E-state index contributed by atoms with van der Waals surface area (Å²) < 4.78 is 10.0. The van der Waals surface area contributed by atoms with E-state index in [1.54, 1.807) is 0 Å². The second kappa shape index (κ2) is 8.54. The van der Waals surface area contributed by atoms with Crippen molar-refractivity contribution in [2.24, 2.45) is 0 Å². The molecule has 3 nitrogen and oxygen atoms in total. The van der Waals surface area contributed by atoms with Gasteiger partial charge in [-0.2, -0.15) is 0 Å². The second-order valence-electron chi connectivity index (χ2n) is 5.19. The Morgan fingerprint density at radius 1 is 1.10 bits per heavy atom. The summed E-state index contributed by atoms with van der Waals surface area (Å²) in [6.07, 6.45) is 11.5. The molecule has 1 aromatic carbocycles. The highest BCUT2D eigenvalue weighted by Gasteiger charge is 2.03. The van der Waals surface area contributed by atoms with E-state index in [4.69, 9.17) is 4.74 Å². The molecule has 3 heteroatoms. The van der Waals surface area contributed by atoms with E-state index in [1.807, 2.05) is 18.2 Å². The summed E-state index contributed by atoms with van der Waals surface area (Å²) >= 11 is 0. The summed E-state index contributed by atoms with van der Waals surface area (Å²) in [6.45, 7) is 4.62. The molecule has 0 saturated carbocycles. The van der Waals surface area contributed by atoms with Gasteiger partial charge in [0.05, 0.1) is 13.2 Å². The van der Waals surface area contributed by atoms with E-state index in [2.05, 4.69) is 46.9 Å². The minimum Gasteiger partial charge on any atom is -0.337 e. The van der Waals surface area contributed by atoms with Gasteiger partial charge >= 0.3 is 0 Å². The molecular weight excluding hydrogens is 248 g/mol. The molecule has 0 aliphatic rings. The van der Waals surface area contributed by atoms with Crippen LogP contribution < -0.4 is 4.57 Å². The molecule has 2 rings (SSSR count). The second-order valence-corrected chi connectivity index (χ2v) is 5.19. The largest absolute Gasteiger partial charge is 0.337 e. The van der Waals surface area contributed by atoms with Crippen molar-refractivity contribution < 1.29 is 9.30 Å². The van der Waals surface area contributed by atoms with Gasteiger partial charge in [-0.1, -0.05) is 50.1 Å². The number of aromatic nitrogens is 2. The van der Waals surface area contributed by atoms with Gasteiger partial charge < -0.3 is 4.74 Å². The van der Waals surface area contributed by atoms with Crippen LogP contribution in [0.25, 0.3) is 0 Å². The quantitative estimate of drug-likeness (QED) is 0.505. The number of rotatable bonds is 9. The van der Waals surface area contributed by atoms with E-state index in [-0.39, 0.29) is 0 Å². The Kier molecular flexibility index (Phi) is 6.32. The molecule has 0 saturated heterocycles. The maximum absolute atomic E-state index is 5.71. The number of benzene rings is 1. The van der Waals surface area contributed by atoms with Gasteiger partial charge in [0, 0.05) is 0 Å². The Labute approximate surface area is 121 Å². The third-order valence-electron chi connectivity index (χ3n) is 3.37. The highest BCUT2D eigenvalue weighted by atomic mass is 16.5. The van der Waals surface area contributed by atoms with E-state index in [1.165, 1.54) is 31.2 Å². The Bertz CT molecular complexity index is 479. The maximum atomic E-state index is 5.71. The number of hydrogen-bond acceptors (Lipinski definition) is 1. The van der Waals surface area contributed by atoms with E-state index < -0.39 is 0 Å². The predicted molar refractivity (Wildman–Crippen MR) is 80.0 cm³/mol. The monoisotopic (exact) mass is 273 g/mol. The van der Waals surface area contributed by atoms with Crippen LogP contribution in [-0.4, -0.2) is 4.57 Å². The number of hydrogen-bond donors (Lipinski definition) is 0. The molecule has 0 aliphatic carbocycles. The van der Waals surface area contributed by atoms with Crippen molar-refractivity contribution in [2.45, 2.75) is 52.5 Å². The van der Waals surface area contributed by atoms with Crippen LogP contribution in [0.4, 0.5) is 0 Å². The zero-order valence-electron chi connectivity index (χ0n) is 12.4. The van der Waals surface area contributed by atoms with Crippen molar-refractivity contribution in [3.8, 4) is 0 Å². The zero-order valence-corrected chi connectivity index (χ0v) is 12.4. The number of aryl methyl sites for hydroxylation is 1. The lowest BCUT2D eigenvalue weighted by molar-refractivity contribution is -0.733. The fraction of sp³-hybridized carbons (Fsp3) is 0.471. The minimum atomic E-state index is 0.608. The van der Waals surface area contributed by atoms with Crippen LogP contribution in [0, 0.1) is 0 Å². The molecule has 0 bridgehead atoms. The molecule has 0 spiro atoms. The maximum Gasteiger partial charge on any atom is 0.245 e. The molecular formula is C17H25N2O+. The first-order chi connectivity index (χ1) is 9.88. The normalized spacial score (nSPS) is 10.8. The summed E-state index contributed by atoms with van der Waals surface area (Å²) in [4.78, 5) is 0. The van der Waals surface area contributed by atoms with Crippen molar-refractivity contribution in [1.82, 2.24) is 4.57 Å². The van der Waals surface area contributed by atoms with Gasteiger partial charge in [0.2, 0.25) is 6.33 Å². The lowest BCUT2D eigenvalue weighted by atomic mass is 10.2. The fourth-order valence-electron chi connectivity index (χ4n) is 2.21. The molecule has 0 unspecified atom stereocenters. The summed E-state index contributed by atoms with van der Waals surface area (Å²) in [5.74, 6) is 0. The van der Waals surface area contributed by atoms with Gasteiger partial charge in [-0.05, 0) is 18.4 Å². The third-order valence-corrected chi connectivity index (χ3v) is 3.37. The van der Waals surface area contributed by atoms with Crippen LogP contribution >= 0.6 is 0 Å². The van der Waals surface area contributed by atoms with E-state index >= 15 is 0 Å².